The number of halogens is 1. The molecule has 1 aromatic carbocycles. The van der Waals surface area contributed by atoms with Gasteiger partial charge in [0.15, 0.2) is 0 Å². The number of carbonyl (C=O) groups is 1. The molecule has 0 bridgehead atoms. The summed E-state index contributed by atoms with van der Waals surface area (Å²) in [5.41, 5.74) is 1.11. The van der Waals surface area contributed by atoms with Gasteiger partial charge in [0.1, 0.15) is 6.10 Å². The molecule has 1 amide bonds. The zero-order valence-electron chi connectivity index (χ0n) is 11.1. The molecular formula is C14H19BrN2O2. The van der Waals surface area contributed by atoms with Gasteiger partial charge in [-0.15, -0.1) is 0 Å². The Kier molecular flexibility index (Phi) is 5.36. The fourth-order valence-corrected chi connectivity index (χ4v) is 2.59. The highest BCUT2D eigenvalue weighted by atomic mass is 79.9. The number of morpholine rings is 1. The van der Waals surface area contributed by atoms with E-state index >= 15 is 0 Å². The maximum absolute atomic E-state index is 12.0. The second-order valence-corrected chi connectivity index (χ2v) is 5.52. The maximum Gasteiger partial charge on any atom is 0.224 e. The minimum absolute atomic E-state index is 0.0233. The Hall–Kier alpha value is -0.910. The lowest BCUT2D eigenvalue weighted by molar-refractivity contribution is -0.138. The van der Waals surface area contributed by atoms with Crippen LogP contribution in [0.3, 0.4) is 0 Å². The Balaban J connectivity index is 1.99. The lowest BCUT2D eigenvalue weighted by Crippen LogP contribution is -2.42. The van der Waals surface area contributed by atoms with Crippen molar-refractivity contribution < 1.29 is 9.53 Å². The summed E-state index contributed by atoms with van der Waals surface area (Å²) in [5, 5.41) is 3.00. The standard InChI is InChI=1S/C14H19BrN2O2/c1-16-6-5-14(18)17-7-8-19-13(10-17)11-3-2-4-12(15)9-11/h2-4,9,13,16H,5-8,10H2,1H3. The Labute approximate surface area is 122 Å². The van der Waals surface area contributed by atoms with Crippen molar-refractivity contribution >= 4 is 21.8 Å². The van der Waals surface area contributed by atoms with Gasteiger partial charge in [0, 0.05) is 24.0 Å². The molecule has 19 heavy (non-hydrogen) atoms. The molecule has 104 valence electrons. The quantitative estimate of drug-likeness (QED) is 0.919. The van der Waals surface area contributed by atoms with Crippen LogP contribution in [0.1, 0.15) is 18.1 Å². The molecule has 1 heterocycles. The first-order chi connectivity index (χ1) is 9.20. The number of rotatable bonds is 4. The zero-order valence-corrected chi connectivity index (χ0v) is 12.6. The molecule has 0 spiro atoms. The van der Waals surface area contributed by atoms with E-state index in [1.54, 1.807) is 0 Å². The van der Waals surface area contributed by atoms with Gasteiger partial charge >= 0.3 is 0 Å². The molecule has 1 unspecified atom stereocenters. The van der Waals surface area contributed by atoms with Crippen molar-refractivity contribution in [1.29, 1.82) is 0 Å². The highest BCUT2D eigenvalue weighted by Gasteiger charge is 2.24. The van der Waals surface area contributed by atoms with E-state index in [1.807, 2.05) is 36.2 Å². The molecule has 0 radical (unpaired) electrons. The summed E-state index contributed by atoms with van der Waals surface area (Å²) in [4.78, 5) is 13.9. The van der Waals surface area contributed by atoms with Crippen molar-refractivity contribution in [3.63, 3.8) is 0 Å². The van der Waals surface area contributed by atoms with Gasteiger partial charge < -0.3 is 15.0 Å². The third-order valence-corrected chi connectivity index (χ3v) is 3.72. The molecule has 2 rings (SSSR count). The third-order valence-electron chi connectivity index (χ3n) is 3.23. The van der Waals surface area contributed by atoms with Gasteiger partial charge in [-0.05, 0) is 24.7 Å². The van der Waals surface area contributed by atoms with Crippen LogP contribution in [-0.2, 0) is 9.53 Å². The van der Waals surface area contributed by atoms with Gasteiger partial charge in [0.05, 0.1) is 13.2 Å². The van der Waals surface area contributed by atoms with Crippen LogP contribution < -0.4 is 5.32 Å². The summed E-state index contributed by atoms with van der Waals surface area (Å²) in [6.45, 7) is 2.65. The van der Waals surface area contributed by atoms with E-state index < -0.39 is 0 Å². The first kappa shape index (κ1) is 14.5. The zero-order chi connectivity index (χ0) is 13.7. The second kappa shape index (κ2) is 7.03. The number of amides is 1. The number of hydrogen-bond acceptors (Lipinski definition) is 3. The average molecular weight is 327 g/mol. The van der Waals surface area contributed by atoms with Gasteiger partial charge in [-0.3, -0.25) is 4.79 Å². The maximum atomic E-state index is 12.0. The fraction of sp³-hybridized carbons (Fsp3) is 0.500. The first-order valence-corrected chi connectivity index (χ1v) is 7.29. The molecule has 1 fully saturated rings. The fourth-order valence-electron chi connectivity index (χ4n) is 2.17. The Morgan fingerprint density at radius 1 is 1.58 bits per heavy atom. The molecule has 1 aliphatic rings. The molecule has 1 aromatic rings. The topological polar surface area (TPSA) is 41.6 Å². The largest absolute Gasteiger partial charge is 0.370 e. The molecular weight excluding hydrogens is 308 g/mol. The highest BCUT2D eigenvalue weighted by Crippen LogP contribution is 2.24. The molecule has 1 N–H and O–H groups in total. The number of hydrogen-bond donors (Lipinski definition) is 1. The van der Waals surface area contributed by atoms with Crippen LogP contribution in [0.15, 0.2) is 28.7 Å². The van der Waals surface area contributed by atoms with Crippen LogP contribution in [0.25, 0.3) is 0 Å². The van der Waals surface area contributed by atoms with Crippen molar-refractivity contribution in [2.24, 2.45) is 0 Å². The molecule has 0 saturated carbocycles. The number of nitrogens with one attached hydrogen (secondary N) is 1. The Morgan fingerprint density at radius 2 is 2.42 bits per heavy atom. The SMILES string of the molecule is CNCCC(=O)N1CCOC(c2cccc(Br)c2)C1. The van der Waals surface area contributed by atoms with Gasteiger partial charge in [-0.2, -0.15) is 0 Å². The molecule has 1 saturated heterocycles. The van der Waals surface area contributed by atoms with E-state index in [-0.39, 0.29) is 12.0 Å². The van der Waals surface area contributed by atoms with Gasteiger partial charge in [0.2, 0.25) is 5.91 Å². The van der Waals surface area contributed by atoms with E-state index in [2.05, 4.69) is 21.2 Å². The van der Waals surface area contributed by atoms with Gasteiger partial charge in [-0.1, -0.05) is 28.1 Å². The van der Waals surface area contributed by atoms with Crippen LogP contribution in [0, 0.1) is 0 Å². The lowest BCUT2D eigenvalue weighted by atomic mass is 10.1. The van der Waals surface area contributed by atoms with E-state index in [4.69, 9.17) is 4.74 Å². The lowest BCUT2D eigenvalue weighted by Gasteiger charge is -2.33. The highest BCUT2D eigenvalue weighted by molar-refractivity contribution is 9.10. The van der Waals surface area contributed by atoms with Crippen molar-refractivity contribution in [1.82, 2.24) is 10.2 Å². The van der Waals surface area contributed by atoms with Crippen LogP contribution >= 0.6 is 15.9 Å². The van der Waals surface area contributed by atoms with Gasteiger partial charge in [-0.25, -0.2) is 0 Å². The molecule has 5 heteroatoms. The predicted molar refractivity (Wildman–Crippen MR) is 78.0 cm³/mol. The number of nitrogens with zero attached hydrogens (tertiary/aromatic N) is 1. The second-order valence-electron chi connectivity index (χ2n) is 4.61. The monoisotopic (exact) mass is 326 g/mol. The van der Waals surface area contributed by atoms with E-state index in [9.17, 15) is 4.79 Å². The molecule has 1 atom stereocenters. The van der Waals surface area contributed by atoms with E-state index in [0.717, 1.165) is 16.6 Å². The van der Waals surface area contributed by atoms with Gasteiger partial charge in [0.25, 0.3) is 0 Å². The normalized spacial score (nSPS) is 19.5. The molecule has 0 aliphatic carbocycles. The molecule has 1 aliphatic heterocycles. The molecule has 4 nitrogen and oxygen atoms in total. The van der Waals surface area contributed by atoms with Crippen molar-refractivity contribution in [3.8, 4) is 0 Å². The Bertz CT molecular complexity index is 439. The summed E-state index contributed by atoms with van der Waals surface area (Å²) in [6, 6.07) is 8.07. The smallest absolute Gasteiger partial charge is 0.224 e. The summed E-state index contributed by atoms with van der Waals surface area (Å²) in [5.74, 6) is 0.192. The first-order valence-electron chi connectivity index (χ1n) is 6.50. The van der Waals surface area contributed by atoms with Crippen LogP contribution in [0.2, 0.25) is 0 Å². The number of ether oxygens (including phenoxy) is 1. The number of benzene rings is 1. The summed E-state index contributed by atoms with van der Waals surface area (Å²) in [7, 11) is 1.86. The van der Waals surface area contributed by atoms with Crippen LogP contribution in [0.4, 0.5) is 0 Å². The van der Waals surface area contributed by atoms with E-state index in [1.165, 1.54) is 0 Å². The third kappa shape index (κ3) is 4.03. The summed E-state index contributed by atoms with van der Waals surface area (Å²) < 4.78 is 6.81. The molecule has 0 aromatic heterocycles. The van der Waals surface area contributed by atoms with Crippen molar-refractivity contribution in [2.45, 2.75) is 12.5 Å². The Morgan fingerprint density at radius 3 is 3.16 bits per heavy atom. The average Bonchev–Trinajstić information content (AvgIpc) is 2.45. The summed E-state index contributed by atoms with van der Waals surface area (Å²) in [6.07, 6.45) is 0.520. The summed E-state index contributed by atoms with van der Waals surface area (Å²) >= 11 is 3.46. The van der Waals surface area contributed by atoms with Crippen LogP contribution in [-0.4, -0.2) is 44.1 Å². The van der Waals surface area contributed by atoms with E-state index in [0.29, 0.717) is 26.1 Å². The predicted octanol–water partition coefficient (Wildman–Crippen LogP) is 1.96. The van der Waals surface area contributed by atoms with Crippen molar-refractivity contribution in [3.05, 3.63) is 34.3 Å². The number of carbonyl (C=O) groups excluding carboxylic acids is 1. The minimum atomic E-state index is -0.0233. The van der Waals surface area contributed by atoms with Crippen LogP contribution in [0.5, 0.6) is 0 Å². The minimum Gasteiger partial charge on any atom is -0.370 e. The van der Waals surface area contributed by atoms with Crippen molar-refractivity contribution in [2.75, 3.05) is 33.3 Å².